The summed E-state index contributed by atoms with van der Waals surface area (Å²) in [5.41, 5.74) is 2.54. The number of nitrogens with zero attached hydrogens (tertiary/aromatic N) is 6. The van der Waals surface area contributed by atoms with E-state index in [9.17, 15) is 4.79 Å². The van der Waals surface area contributed by atoms with E-state index < -0.39 is 0 Å². The van der Waals surface area contributed by atoms with Crippen LogP contribution < -0.4 is 0 Å². The average molecular weight is 372 g/mol. The maximum atomic E-state index is 11.4. The molecule has 2 aromatic rings. The fraction of sp³-hybridized carbons (Fsp3) is 0.684. The van der Waals surface area contributed by atoms with Crippen LogP contribution in [-0.2, 0) is 17.9 Å². The summed E-state index contributed by atoms with van der Waals surface area (Å²) in [6.45, 7) is 11.2. The third-order valence-electron chi connectivity index (χ3n) is 5.97. The minimum Gasteiger partial charge on any atom is -0.343 e. The van der Waals surface area contributed by atoms with Gasteiger partial charge in [-0.1, -0.05) is 5.16 Å². The van der Waals surface area contributed by atoms with Crippen LogP contribution in [0.25, 0.3) is 0 Å². The fourth-order valence-electron chi connectivity index (χ4n) is 4.09. The molecule has 2 aromatic heterocycles. The van der Waals surface area contributed by atoms with Crippen molar-refractivity contribution in [2.45, 2.75) is 58.5 Å². The number of carbonyl (C=O) groups excluding carboxylic acids is 1. The van der Waals surface area contributed by atoms with Crippen LogP contribution in [0.15, 0.2) is 10.7 Å². The molecule has 27 heavy (non-hydrogen) atoms. The first-order valence-electron chi connectivity index (χ1n) is 9.87. The van der Waals surface area contributed by atoms with Crippen LogP contribution in [-0.4, -0.2) is 61.8 Å². The van der Waals surface area contributed by atoms with Crippen LogP contribution in [0, 0.1) is 6.92 Å². The van der Waals surface area contributed by atoms with Gasteiger partial charge >= 0.3 is 0 Å². The van der Waals surface area contributed by atoms with E-state index in [0.29, 0.717) is 11.8 Å². The van der Waals surface area contributed by atoms with Crippen molar-refractivity contribution in [1.82, 2.24) is 29.7 Å². The lowest BCUT2D eigenvalue weighted by Gasteiger charge is -2.36. The smallest absolute Gasteiger partial charge is 0.232 e. The summed E-state index contributed by atoms with van der Waals surface area (Å²) < 4.78 is 7.59. The standard InChI is InChI=1S/C19H28N6O2/c1-4-25-13(2)16(9-20-25)10-23-11-17(12-23)19-21-18(22-27-19)15-5-7-24(8-6-15)14(3)26/h9,15,17H,4-8,10-12H2,1-3H3. The number of rotatable bonds is 5. The summed E-state index contributed by atoms with van der Waals surface area (Å²) in [5.74, 6) is 2.35. The van der Waals surface area contributed by atoms with E-state index in [1.807, 2.05) is 15.8 Å². The maximum absolute atomic E-state index is 11.4. The monoisotopic (exact) mass is 372 g/mol. The number of hydrogen-bond donors (Lipinski definition) is 0. The molecular formula is C19H28N6O2. The van der Waals surface area contributed by atoms with Crippen LogP contribution >= 0.6 is 0 Å². The molecule has 4 rings (SSSR count). The highest BCUT2D eigenvalue weighted by Gasteiger charge is 2.34. The lowest BCUT2D eigenvalue weighted by molar-refractivity contribution is -0.129. The van der Waals surface area contributed by atoms with E-state index in [1.165, 1.54) is 11.3 Å². The van der Waals surface area contributed by atoms with E-state index in [4.69, 9.17) is 4.52 Å². The second kappa shape index (κ2) is 7.42. The number of likely N-dealkylation sites (tertiary alicyclic amines) is 2. The Balaban J connectivity index is 1.29. The number of aryl methyl sites for hydroxylation is 1. The molecule has 2 fully saturated rings. The largest absolute Gasteiger partial charge is 0.343 e. The molecule has 8 nitrogen and oxygen atoms in total. The fourth-order valence-corrected chi connectivity index (χ4v) is 4.09. The Kier molecular flexibility index (Phi) is 4.99. The van der Waals surface area contributed by atoms with Crippen molar-refractivity contribution in [2.24, 2.45) is 0 Å². The first-order valence-corrected chi connectivity index (χ1v) is 9.87. The maximum Gasteiger partial charge on any atom is 0.232 e. The minimum atomic E-state index is 0.150. The van der Waals surface area contributed by atoms with Gasteiger partial charge in [0.15, 0.2) is 5.82 Å². The van der Waals surface area contributed by atoms with Gasteiger partial charge in [-0.2, -0.15) is 10.1 Å². The Morgan fingerprint density at radius 1 is 1.26 bits per heavy atom. The van der Waals surface area contributed by atoms with Gasteiger partial charge in [-0.05, 0) is 26.7 Å². The van der Waals surface area contributed by atoms with E-state index in [-0.39, 0.29) is 5.91 Å². The molecule has 0 radical (unpaired) electrons. The summed E-state index contributed by atoms with van der Waals surface area (Å²) >= 11 is 0. The van der Waals surface area contributed by atoms with Crippen LogP contribution in [0.2, 0.25) is 0 Å². The van der Waals surface area contributed by atoms with Crippen molar-refractivity contribution in [3.63, 3.8) is 0 Å². The van der Waals surface area contributed by atoms with Gasteiger partial charge in [0, 0.05) is 63.4 Å². The van der Waals surface area contributed by atoms with Gasteiger partial charge in [0.25, 0.3) is 0 Å². The van der Waals surface area contributed by atoms with Crippen LogP contribution in [0.1, 0.15) is 61.5 Å². The van der Waals surface area contributed by atoms with Gasteiger partial charge in [-0.15, -0.1) is 0 Å². The van der Waals surface area contributed by atoms with Gasteiger partial charge in [0.1, 0.15) is 0 Å². The van der Waals surface area contributed by atoms with E-state index in [2.05, 4.69) is 34.0 Å². The van der Waals surface area contributed by atoms with Crippen LogP contribution in [0.4, 0.5) is 0 Å². The van der Waals surface area contributed by atoms with Gasteiger partial charge in [-0.25, -0.2) is 0 Å². The zero-order valence-corrected chi connectivity index (χ0v) is 16.4. The molecule has 0 aromatic carbocycles. The highest BCUT2D eigenvalue weighted by molar-refractivity contribution is 5.73. The van der Waals surface area contributed by atoms with Gasteiger partial charge in [0.2, 0.25) is 11.8 Å². The first-order chi connectivity index (χ1) is 13.0. The predicted octanol–water partition coefficient (Wildman–Crippen LogP) is 1.92. The Bertz CT molecular complexity index is 799. The van der Waals surface area contributed by atoms with Crippen molar-refractivity contribution >= 4 is 5.91 Å². The minimum absolute atomic E-state index is 0.150. The molecule has 8 heteroatoms. The Morgan fingerprint density at radius 2 is 2.00 bits per heavy atom. The molecule has 1 amide bonds. The summed E-state index contributed by atoms with van der Waals surface area (Å²) in [6.07, 6.45) is 3.80. The first kappa shape index (κ1) is 18.2. The summed E-state index contributed by atoms with van der Waals surface area (Å²) in [7, 11) is 0. The second-order valence-electron chi connectivity index (χ2n) is 7.73. The topological polar surface area (TPSA) is 80.3 Å². The third kappa shape index (κ3) is 3.63. The zero-order chi connectivity index (χ0) is 19.0. The van der Waals surface area contributed by atoms with Crippen LogP contribution in [0.5, 0.6) is 0 Å². The Hall–Kier alpha value is -2.22. The third-order valence-corrected chi connectivity index (χ3v) is 5.97. The molecule has 0 aliphatic carbocycles. The predicted molar refractivity (Wildman–Crippen MR) is 99.2 cm³/mol. The van der Waals surface area contributed by atoms with E-state index in [1.54, 1.807) is 6.92 Å². The summed E-state index contributed by atoms with van der Waals surface area (Å²) in [5, 5.41) is 8.65. The van der Waals surface area contributed by atoms with Gasteiger partial charge in [0.05, 0.1) is 12.1 Å². The lowest BCUT2D eigenvalue weighted by Crippen LogP contribution is -2.44. The van der Waals surface area contributed by atoms with Crippen LogP contribution in [0.3, 0.4) is 0 Å². The number of hydrogen-bond acceptors (Lipinski definition) is 6. The molecule has 0 spiro atoms. The summed E-state index contributed by atoms with van der Waals surface area (Å²) in [4.78, 5) is 20.4. The molecule has 4 heterocycles. The van der Waals surface area contributed by atoms with Crippen molar-refractivity contribution < 1.29 is 9.32 Å². The highest BCUT2D eigenvalue weighted by atomic mass is 16.5. The SMILES string of the molecule is CCn1ncc(CN2CC(c3nc(C4CCN(C(C)=O)CC4)no3)C2)c1C. The van der Waals surface area contributed by atoms with Gasteiger partial charge < -0.3 is 9.42 Å². The molecule has 2 aliphatic rings. The number of piperidine rings is 1. The van der Waals surface area contributed by atoms with Crippen molar-refractivity contribution in [2.75, 3.05) is 26.2 Å². The van der Waals surface area contributed by atoms with Crippen molar-refractivity contribution in [3.05, 3.63) is 29.2 Å². The highest BCUT2D eigenvalue weighted by Crippen LogP contribution is 2.31. The van der Waals surface area contributed by atoms with E-state index >= 15 is 0 Å². The zero-order valence-electron chi connectivity index (χ0n) is 16.4. The molecule has 0 N–H and O–H groups in total. The Labute approximate surface area is 159 Å². The molecule has 2 saturated heterocycles. The normalized spacial score (nSPS) is 19.4. The second-order valence-corrected chi connectivity index (χ2v) is 7.73. The van der Waals surface area contributed by atoms with Crippen molar-refractivity contribution in [1.29, 1.82) is 0 Å². The lowest BCUT2D eigenvalue weighted by atomic mass is 9.95. The summed E-state index contributed by atoms with van der Waals surface area (Å²) in [6, 6.07) is 0. The van der Waals surface area contributed by atoms with E-state index in [0.717, 1.165) is 63.8 Å². The quantitative estimate of drug-likeness (QED) is 0.798. The Morgan fingerprint density at radius 3 is 2.63 bits per heavy atom. The molecule has 2 aliphatic heterocycles. The van der Waals surface area contributed by atoms with Crippen molar-refractivity contribution in [3.8, 4) is 0 Å². The number of aromatic nitrogens is 4. The molecule has 146 valence electrons. The number of carbonyl (C=O) groups is 1. The average Bonchev–Trinajstić information content (AvgIpc) is 3.25. The molecule has 0 bridgehead atoms. The van der Waals surface area contributed by atoms with Gasteiger partial charge in [-0.3, -0.25) is 14.4 Å². The molecular weight excluding hydrogens is 344 g/mol. The molecule has 0 unspecified atom stereocenters. The number of amides is 1. The molecule has 0 atom stereocenters. The molecule has 0 saturated carbocycles.